The number of unbranched alkanes of at least 4 members (excludes halogenated alkanes) is 9. The van der Waals surface area contributed by atoms with Gasteiger partial charge in [0.15, 0.2) is 0 Å². The third-order valence-electron chi connectivity index (χ3n) is 4.51. The summed E-state index contributed by atoms with van der Waals surface area (Å²) in [4.78, 5) is 2.49. The van der Waals surface area contributed by atoms with E-state index in [2.05, 4.69) is 11.8 Å². The Morgan fingerprint density at radius 2 is 1.47 bits per heavy atom. The molecule has 1 saturated heterocycles. The number of likely N-dealkylation sites (tertiary alicyclic amines) is 1. The summed E-state index contributed by atoms with van der Waals surface area (Å²) in [6, 6.07) is 0.471. The van der Waals surface area contributed by atoms with Crippen molar-refractivity contribution < 1.29 is 5.11 Å². The van der Waals surface area contributed by atoms with Gasteiger partial charge in [0.25, 0.3) is 0 Å². The van der Waals surface area contributed by atoms with Crippen molar-refractivity contribution in [2.75, 3.05) is 19.7 Å². The highest BCUT2D eigenvalue weighted by Crippen LogP contribution is 2.17. The number of rotatable bonds is 12. The molecule has 1 heterocycles. The maximum Gasteiger partial charge on any atom is 0.0586 e. The zero-order chi connectivity index (χ0) is 13.8. The third kappa shape index (κ3) is 7.94. The molecule has 0 aliphatic carbocycles. The predicted molar refractivity (Wildman–Crippen MR) is 83.5 cm³/mol. The molecule has 0 aromatic carbocycles. The molecule has 1 unspecified atom stereocenters. The molecule has 1 N–H and O–H groups in total. The van der Waals surface area contributed by atoms with E-state index in [0.29, 0.717) is 12.6 Å². The van der Waals surface area contributed by atoms with Crippen LogP contribution in [-0.4, -0.2) is 35.7 Å². The molecule has 0 saturated carbocycles. The van der Waals surface area contributed by atoms with Gasteiger partial charge in [0.05, 0.1) is 6.61 Å². The normalized spacial score (nSPS) is 20.2. The van der Waals surface area contributed by atoms with Crippen LogP contribution >= 0.6 is 0 Å². The summed E-state index contributed by atoms with van der Waals surface area (Å²) in [5.74, 6) is 0. The van der Waals surface area contributed by atoms with E-state index in [1.54, 1.807) is 0 Å². The van der Waals surface area contributed by atoms with Crippen LogP contribution in [0.2, 0.25) is 0 Å². The zero-order valence-corrected chi connectivity index (χ0v) is 13.1. The summed E-state index contributed by atoms with van der Waals surface area (Å²) in [6.45, 7) is 5.06. The standard InChI is InChI=1S/C17H35NO/c1-2-3-4-5-6-7-8-9-10-11-14-18-15-12-13-17(18)16-19/h17,19H,2-16H2,1H3. The van der Waals surface area contributed by atoms with Gasteiger partial charge in [-0.15, -0.1) is 0 Å². The fraction of sp³-hybridized carbons (Fsp3) is 1.00. The predicted octanol–water partition coefficient (Wildman–Crippen LogP) is 4.36. The van der Waals surface area contributed by atoms with Crippen LogP contribution in [0.15, 0.2) is 0 Å². The van der Waals surface area contributed by atoms with Gasteiger partial charge in [-0.25, -0.2) is 0 Å². The minimum absolute atomic E-state index is 0.359. The van der Waals surface area contributed by atoms with Crippen LogP contribution in [0.4, 0.5) is 0 Å². The molecule has 0 bridgehead atoms. The summed E-state index contributed by atoms with van der Waals surface area (Å²) in [5.41, 5.74) is 0. The Bertz CT molecular complexity index is 196. The fourth-order valence-electron chi connectivity index (χ4n) is 3.20. The summed E-state index contributed by atoms with van der Waals surface area (Å²) >= 11 is 0. The van der Waals surface area contributed by atoms with Gasteiger partial charge in [0, 0.05) is 6.04 Å². The Morgan fingerprint density at radius 1 is 0.895 bits per heavy atom. The van der Waals surface area contributed by atoms with E-state index < -0.39 is 0 Å². The van der Waals surface area contributed by atoms with Gasteiger partial charge in [0.2, 0.25) is 0 Å². The van der Waals surface area contributed by atoms with Gasteiger partial charge < -0.3 is 5.11 Å². The Hall–Kier alpha value is -0.0800. The first-order valence-corrected chi connectivity index (χ1v) is 8.73. The van der Waals surface area contributed by atoms with E-state index in [1.807, 2.05) is 0 Å². The van der Waals surface area contributed by atoms with Crippen molar-refractivity contribution in [1.82, 2.24) is 4.90 Å². The van der Waals surface area contributed by atoms with Crippen molar-refractivity contribution in [3.63, 3.8) is 0 Å². The lowest BCUT2D eigenvalue weighted by Gasteiger charge is -2.22. The van der Waals surface area contributed by atoms with E-state index in [-0.39, 0.29) is 0 Å². The summed E-state index contributed by atoms with van der Waals surface area (Å²) in [6.07, 6.45) is 16.6. The molecule has 1 rings (SSSR count). The lowest BCUT2D eigenvalue weighted by molar-refractivity contribution is 0.157. The van der Waals surface area contributed by atoms with Crippen LogP contribution in [0.1, 0.15) is 84.0 Å². The summed E-state index contributed by atoms with van der Waals surface area (Å²) < 4.78 is 0. The number of aliphatic hydroxyl groups is 1. The monoisotopic (exact) mass is 269 g/mol. The van der Waals surface area contributed by atoms with Crippen molar-refractivity contribution in [3.8, 4) is 0 Å². The van der Waals surface area contributed by atoms with Gasteiger partial charge in [-0.3, -0.25) is 4.90 Å². The second kappa shape index (κ2) is 11.7. The fourth-order valence-corrected chi connectivity index (χ4v) is 3.20. The number of hydrogen-bond acceptors (Lipinski definition) is 2. The van der Waals surface area contributed by atoms with Crippen molar-refractivity contribution in [1.29, 1.82) is 0 Å². The van der Waals surface area contributed by atoms with Crippen LogP contribution < -0.4 is 0 Å². The van der Waals surface area contributed by atoms with Crippen LogP contribution in [0.5, 0.6) is 0 Å². The molecular formula is C17H35NO. The molecule has 19 heavy (non-hydrogen) atoms. The highest BCUT2D eigenvalue weighted by atomic mass is 16.3. The van der Waals surface area contributed by atoms with E-state index in [4.69, 9.17) is 0 Å². The average Bonchev–Trinajstić information content (AvgIpc) is 2.88. The smallest absolute Gasteiger partial charge is 0.0586 e. The second-order valence-corrected chi connectivity index (χ2v) is 6.20. The van der Waals surface area contributed by atoms with Crippen LogP contribution in [-0.2, 0) is 0 Å². The Balaban J connectivity index is 1.81. The third-order valence-corrected chi connectivity index (χ3v) is 4.51. The molecule has 0 aromatic rings. The zero-order valence-electron chi connectivity index (χ0n) is 13.1. The highest BCUT2D eigenvalue weighted by molar-refractivity contribution is 4.77. The van der Waals surface area contributed by atoms with Gasteiger partial charge in [0.1, 0.15) is 0 Å². The molecule has 1 fully saturated rings. The summed E-state index contributed by atoms with van der Waals surface area (Å²) in [5, 5.41) is 9.26. The molecule has 1 atom stereocenters. The Labute approximate surface area is 120 Å². The first-order valence-electron chi connectivity index (χ1n) is 8.73. The minimum atomic E-state index is 0.359. The molecule has 2 nitrogen and oxygen atoms in total. The molecule has 0 spiro atoms. The van der Waals surface area contributed by atoms with Crippen molar-refractivity contribution >= 4 is 0 Å². The van der Waals surface area contributed by atoms with Crippen LogP contribution in [0, 0.1) is 0 Å². The lowest BCUT2D eigenvalue weighted by atomic mass is 10.1. The molecular weight excluding hydrogens is 234 g/mol. The van der Waals surface area contributed by atoms with E-state index >= 15 is 0 Å². The number of hydrogen-bond donors (Lipinski definition) is 1. The molecule has 0 radical (unpaired) electrons. The van der Waals surface area contributed by atoms with Gasteiger partial charge in [-0.2, -0.15) is 0 Å². The maximum absolute atomic E-state index is 9.26. The SMILES string of the molecule is CCCCCCCCCCCCN1CCCC1CO. The first-order chi connectivity index (χ1) is 9.38. The van der Waals surface area contributed by atoms with Crippen molar-refractivity contribution in [2.24, 2.45) is 0 Å². The molecule has 0 amide bonds. The summed E-state index contributed by atoms with van der Waals surface area (Å²) in [7, 11) is 0. The van der Waals surface area contributed by atoms with E-state index in [9.17, 15) is 5.11 Å². The maximum atomic E-state index is 9.26. The van der Waals surface area contributed by atoms with Crippen molar-refractivity contribution in [2.45, 2.75) is 90.0 Å². The molecule has 2 heteroatoms. The molecule has 114 valence electrons. The second-order valence-electron chi connectivity index (χ2n) is 6.20. The minimum Gasteiger partial charge on any atom is -0.395 e. The number of nitrogens with zero attached hydrogens (tertiary/aromatic N) is 1. The lowest BCUT2D eigenvalue weighted by Crippen LogP contribution is -2.32. The quantitative estimate of drug-likeness (QED) is 0.532. The topological polar surface area (TPSA) is 23.5 Å². The van der Waals surface area contributed by atoms with Gasteiger partial charge in [-0.05, 0) is 32.4 Å². The van der Waals surface area contributed by atoms with Crippen molar-refractivity contribution in [3.05, 3.63) is 0 Å². The van der Waals surface area contributed by atoms with Gasteiger partial charge in [-0.1, -0.05) is 64.7 Å². The van der Waals surface area contributed by atoms with Crippen LogP contribution in [0.25, 0.3) is 0 Å². The largest absolute Gasteiger partial charge is 0.395 e. The Morgan fingerprint density at radius 3 is 2.05 bits per heavy atom. The Kier molecular flexibility index (Phi) is 10.5. The average molecular weight is 269 g/mol. The molecule has 1 aliphatic rings. The van der Waals surface area contributed by atoms with Crippen LogP contribution in [0.3, 0.4) is 0 Å². The van der Waals surface area contributed by atoms with E-state index in [0.717, 1.165) is 0 Å². The highest BCUT2D eigenvalue weighted by Gasteiger charge is 2.22. The van der Waals surface area contributed by atoms with Gasteiger partial charge >= 0.3 is 0 Å². The molecule has 1 aliphatic heterocycles. The first kappa shape index (κ1) is 17.0. The number of aliphatic hydroxyl groups excluding tert-OH is 1. The molecule has 0 aromatic heterocycles. The van der Waals surface area contributed by atoms with E-state index in [1.165, 1.54) is 90.1 Å².